The molecule has 1 aliphatic heterocycles. The summed E-state index contributed by atoms with van der Waals surface area (Å²) in [6.45, 7) is 2.06. The SMILES string of the molecule is Fc1ccc2nc(N3CCCC(CCBr)C3)[nH]c2c1. The summed E-state index contributed by atoms with van der Waals surface area (Å²) in [6.07, 6.45) is 3.69. The molecule has 1 saturated heterocycles. The van der Waals surface area contributed by atoms with E-state index in [9.17, 15) is 4.39 Å². The van der Waals surface area contributed by atoms with Gasteiger partial charge in [0.25, 0.3) is 0 Å². The molecule has 0 spiro atoms. The molecule has 102 valence electrons. The van der Waals surface area contributed by atoms with Crippen LogP contribution in [0.3, 0.4) is 0 Å². The third kappa shape index (κ3) is 2.76. The van der Waals surface area contributed by atoms with Gasteiger partial charge in [-0.15, -0.1) is 0 Å². The number of imidazole rings is 1. The Hall–Kier alpha value is -1.10. The molecule has 0 radical (unpaired) electrons. The summed E-state index contributed by atoms with van der Waals surface area (Å²) in [5.74, 6) is 1.37. The number of hydrogen-bond acceptors (Lipinski definition) is 2. The first-order valence-electron chi connectivity index (χ1n) is 6.72. The van der Waals surface area contributed by atoms with E-state index >= 15 is 0 Å². The number of aromatic amines is 1. The molecular weight excluding hydrogens is 309 g/mol. The molecule has 1 aliphatic rings. The Morgan fingerprint density at radius 3 is 3.21 bits per heavy atom. The average Bonchev–Trinajstić information content (AvgIpc) is 2.82. The number of fused-ring (bicyclic) bond motifs is 1. The predicted molar refractivity (Wildman–Crippen MR) is 79.4 cm³/mol. The number of H-pyrrole nitrogens is 1. The molecule has 1 aromatic heterocycles. The predicted octanol–water partition coefficient (Wildman–Crippen LogP) is 3.70. The number of nitrogens with one attached hydrogen (secondary N) is 1. The van der Waals surface area contributed by atoms with E-state index in [-0.39, 0.29) is 5.82 Å². The van der Waals surface area contributed by atoms with Gasteiger partial charge >= 0.3 is 0 Å². The van der Waals surface area contributed by atoms with Crippen molar-refractivity contribution in [2.24, 2.45) is 5.92 Å². The number of hydrogen-bond donors (Lipinski definition) is 1. The van der Waals surface area contributed by atoms with Crippen LogP contribution in [-0.4, -0.2) is 28.4 Å². The van der Waals surface area contributed by atoms with E-state index in [4.69, 9.17) is 0 Å². The Balaban J connectivity index is 1.83. The van der Waals surface area contributed by atoms with E-state index in [2.05, 4.69) is 30.8 Å². The second-order valence-corrected chi connectivity index (χ2v) is 5.95. The highest BCUT2D eigenvalue weighted by Crippen LogP contribution is 2.25. The Kier molecular flexibility index (Phi) is 3.73. The molecule has 3 nitrogen and oxygen atoms in total. The molecular formula is C14H17BrFN3. The van der Waals surface area contributed by atoms with Gasteiger partial charge in [-0.05, 0) is 43.4 Å². The van der Waals surface area contributed by atoms with Crippen LogP contribution in [-0.2, 0) is 0 Å². The molecule has 2 heterocycles. The Morgan fingerprint density at radius 2 is 2.37 bits per heavy atom. The van der Waals surface area contributed by atoms with Gasteiger partial charge < -0.3 is 9.88 Å². The summed E-state index contributed by atoms with van der Waals surface area (Å²) in [5, 5.41) is 1.05. The smallest absolute Gasteiger partial charge is 0.203 e. The molecule has 0 amide bonds. The number of halogens is 2. The first-order chi connectivity index (χ1) is 9.26. The summed E-state index contributed by atoms with van der Waals surface area (Å²) in [6, 6.07) is 4.69. The van der Waals surface area contributed by atoms with E-state index in [1.165, 1.54) is 31.4 Å². The molecule has 1 fully saturated rings. The molecule has 5 heteroatoms. The van der Waals surface area contributed by atoms with Gasteiger partial charge in [-0.25, -0.2) is 9.37 Å². The summed E-state index contributed by atoms with van der Waals surface area (Å²) in [7, 11) is 0. The third-order valence-electron chi connectivity index (χ3n) is 3.77. The highest BCUT2D eigenvalue weighted by Gasteiger charge is 2.21. The number of piperidine rings is 1. The van der Waals surface area contributed by atoms with E-state index in [1.54, 1.807) is 6.07 Å². The fourth-order valence-electron chi connectivity index (χ4n) is 2.77. The largest absolute Gasteiger partial charge is 0.342 e. The van der Waals surface area contributed by atoms with Crippen molar-refractivity contribution in [1.29, 1.82) is 0 Å². The second kappa shape index (κ2) is 5.49. The zero-order valence-corrected chi connectivity index (χ0v) is 12.3. The van der Waals surface area contributed by atoms with Gasteiger partial charge in [0.15, 0.2) is 0 Å². The number of benzene rings is 1. The Labute approximate surface area is 120 Å². The number of aromatic nitrogens is 2. The van der Waals surface area contributed by atoms with E-state index in [0.29, 0.717) is 0 Å². The number of alkyl halides is 1. The van der Waals surface area contributed by atoms with Crippen molar-refractivity contribution >= 4 is 32.9 Å². The Morgan fingerprint density at radius 1 is 1.47 bits per heavy atom. The maximum absolute atomic E-state index is 13.2. The van der Waals surface area contributed by atoms with E-state index in [0.717, 1.165) is 41.3 Å². The quantitative estimate of drug-likeness (QED) is 0.872. The molecule has 1 N–H and O–H groups in total. The van der Waals surface area contributed by atoms with Gasteiger partial charge in [-0.1, -0.05) is 15.9 Å². The van der Waals surface area contributed by atoms with Crippen LogP contribution in [0.5, 0.6) is 0 Å². The topological polar surface area (TPSA) is 31.9 Å². The summed E-state index contributed by atoms with van der Waals surface area (Å²) in [4.78, 5) is 10.1. The van der Waals surface area contributed by atoms with Crippen molar-refractivity contribution in [1.82, 2.24) is 9.97 Å². The Bertz CT molecular complexity index is 567. The van der Waals surface area contributed by atoms with Crippen molar-refractivity contribution in [3.8, 4) is 0 Å². The minimum atomic E-state index is -0.224. The normalized spacial score (nSPS) is 20.1. The molecule has 2 aromatic rings. The van der Waals surface area contributed by atoms with Crippen LogP contribution in [0.15, 0.2) is 18.2 Å². The molecule has 3 rings (SSSR count). The first kappa shape index (κ1) is 12.9. The molecule has 1 unspecified atom stereocenters. The number of nitrogens with zero attached hydrogens (tertiary/aromatic N) is 2. The van der Waals surface area contributed by atoms with Crippen LogP contribution in [0.1, 0.15) is 19.3 Å². The van der Waals surface area contributed by atoms with Crippen molar-refractivity contribution in [3.05, 3.63) is 24.0 Å². The maximum atomic E-state index is 13.2. The fraction of sp³-hybridized carbons (Fsp3) is 0.500. The minimum absolute atomic E-state index is 0.224. The van der Waals surface area contributed by atoms with Gasteiger partial charge in [0.1, 0.15) is 5.82 Å². The molecule has 0 bridgehead atoms. The van der Waals surface area contributed by atoms with Crippen molar-refractivity contribution in [2.75, 3.05) is 23.3 Å². The lowest BCUT2D eigenvalue weighted by atomic mass is 9.96. The number of anilines is 1. The van der Waals surface area contributed by atoms with E-state index in [1.807, 2.05) is 0 Å². The van der Waals surface area contributed by atoms with Crippen LogP contribution in [0.4, 0.5) is 10.3 Å². The molecule has 0 saturated carbocycles. The van der Waals surface area contributed by atoms with Gasteiger partial charge in [-0.2, -0.15) is 0 Å². The van der Waals surface area contributed by atoms with Crippen LogP contribution >= 0.6 is 15.9 Å². The van der Waals surface area contributed by atoms with Gasteiger partial charge in [-0.3, -0.25) is 0 Å². The van der Waals surface area contributed by atoms with Crippen LogP contribution in [0.25, 0.3) is 11.0 Å². The van der Waals surface area contributed by atoms with Crippen LogP contribution in [0.2, 0.25) is 0 Å². The van der Waals surface area contributed by atoms with E-state index < -0.39 is 0 Å². The third-order valence-corrected chi connectivity index (χ3v) is 4.23. The molecule has 1 aromatic carbocycles. The van der Waals surface area contributed by atoms with Crippen molar-refractivity contribution in [2.45, 2.75) is 19.3 Å². The highest BCUT2D eigenvalue weighted by atomic mass is 79.9. The molecule has 0 aliphatic carbocycles. The van der Waals surface area contributed by atoms with Gasteiger partial charge in [0.05, 0.1) is 11.0 Å². The lowest BCUT2D eigenvalue weighted by Crippen LogP contribution is -2.36. The number of rotatable bonds is 3. The summed E-state index contributed by atoms with van der Waals surface area (Å²) in [5.41, 5.74) is 1.61. The molecule has 1 atom stereocenters. The monoisotopic (exact) mass is 325 g/mol. The van der Waals surface area contributed by atoms with Crippen molar-refractivity contribution < 1.29 is 4.39 Å². The zero-order chi connectivity index (χ0) is 13.2. The van der Waals surface area contributed by atoms with Crippen LogP contribution in [0, 0.1) is 11.7 Å². The lowest BCUT2D eigenvalue weighted by molar-refractivity contribution is 0.405. The lowest BCUT2D eigenvalue weighted by Gasteiger charge is -2.32. The standard InChI is InChI=1S/C14H17BrFN3/c15-6-5-10-2-1-7-19(9-10)14-17-12-4-3-11(16)8-13(12)18-14/h3-4,8,10H,1-2,5-7,9H2,(H,17,18). The van der Waals surface area contributed by atoms with Gasteiger partial charge in [0, 0.05) is 18.4 Å². The fourth-order valence-corrected chi connectivity index (χ4v) is 3.41. The van der Waals surface area contributed by atoms with Crippen LogP contribution < -0.4 is 4.90 Å². The average molecular weight is 326 g/mol. The second-order valence-electron chi connectivity index (χ2n) is 5.15. The maximum Gasteiger partial charge on any atom is 0.203 e. The zero-order valence-electron chi connectivity index (χ0n) is 10.7. The summed E-state index contributed by atoms with van der Waals surface area (Å²) < 4.78 is 13.2. The first-order valence-corrected chi connectivity index (χ1v) is 7.84. The van der Waals surface area contributed by atoms with Crippen molar-refractivity contribution in [3.63, 3.8) is 0 Å². The molecule has 19 heavy (non-hydrogen) atoms. The summed E-state index contributed by atoms with van der Waals surface area (Å²) >= 11 is 3.51. The highest BCUT2D eigenvalue weighted by molar-refractivity contribution is 9.09. The minimum Gasteiger partial charge on any atom is -0.342 e. The van der Waals surface area contributed by atoms with Gasteiger partial charge in [0.2, 0.25) is 5.95 Å².